The first-order chi connectivity index (χ1) is 6.99. The Morgan fingerprint density at radius 2 is 1.53 bits per heavy atom. The van der Waals surface area contributed by atoms with E-state index in [4.69, 9.17) is 0 Å². The van der Waals surface area contributed by atoms with E-state index < -0.39 is 0 Å². The SMILES string of the molecule is CCc1ccc(F)c(C(C)C)c1C(C)C. The van der Waals surface area contributed by atoms with Gasteiger partial charge in [0.1, 0.15) is 5.82 Å². The van der Waals surface area contributed by atoms with Gasteiger partial charge in [0.2, 0.25) is 0 Å². The number of aryl methyl sites for hydroxylation is 1. The van der Waals surface area contributed by atoms with Crippen molar-refractivity contribution in [2.75, 3.05) is 0 Å². The minimum Gasteiger partial charge on any atom is -0.207 e. The number of halogens is 1. The third-order valence-corrected chi connectivity index (χ3v) is 2.86. The number of rotatable bonds is 3. The van der Waals surface area contributed by atoms with Crippen LogP contribution in [0.3, 0.4) is 0 Å². The van der Waals surface area contributed by atoms with Crippen molar-refractivity contribution in [2.45, 2.75) is 52.9 Å². The van der Waals surface area contributed by atoms with Gasteiger partial charge >= 0.3 is 0 Å². The molecule has 0 radical (unpaired) electrons. The lowest BCUT2D eigenvalue weighted by Gasteiger charge is -2.20. The van der Waals surface area contributed by atoms with Gasteiger partial charge in [0, 0.05) is 0 Å². The highest BCUT2D eigenvalue weighted by atomic mass is 19.1. The number of hydrogen-bond acceptors (Lipinski definition) is 0. The van der Waals surface area contributed by atoms with Gasteiger partial charge in [-0.05, 0) is 41.0 Å². The highest BCUT2D eigenvalue weighted by molar-refractivity contribution is 5.40. The number of hydrogen-bond donors (Lipinski definition) is 0. The van der Waals surface area contributed by atoms with Crippen LogP contribution >= 0.6 is 0 Å². The second-order valence-corrected chi connectivity index (χ2v) is 4.70. The van der Waals surface area contributed by atoms with E-state index in [2.05, 4.69) is 34.6 Å². The highest BCUT2D eigenvalue weighted by Gasteiger charge is 2.17. The van der Waals surface area contributed by atoms with Crippen molar-refractivity contribution < 1.29 is 4.39 Å². The lowest BCUT2D eigenvalue weighted by molar-refractivity contribution is 0.587. The van der Waals surface area contributed by atoms with Crippen molar-refractivity contribution in [1.82, 2.24) is 0 Å². The minimum absolute atomic E-state index is 0.0501. The summed E-state index contributed by atoms with van der Waals surface area (Å²) in [6.07, 6.45) is 0.980. The summed E-state index contributed by atoms with van der Waals surface area (Å²) in [5.74, 6) is 0.604. The molecule has 0 atom stereocenters. The van der Waals surface area contributed by atoms with E-state index >= 15 is 0 Å². The number of benzene rings is 1. The molecule has 84 valence electrons. The molecule has 0 aliphatic rings. The van der Waals surface area contributed by atoms with E-state index in [1.165, 1.54) is 11.1 Å². The second-order valence-electron chi connectivity index (χ2n) is 4.70. The van der Waals surface area contributed by atoms with Gasteiger partial charge < -0.3 is 0 Å². The molecule has 0 aliphatic carbocycles. The van der Waals surface area contributed by atoms with Crippen molar-refractivity contribution in [2.24, 2.45) is 0 Å². The summed E-state index contributed by atoms with van der Waals surface area (Å²) in [5, 5.41) is 0. The molecule has 0 aromatic heterocycles. The van der Waals surface area contributed by atoms with E-state index in [-0.39, 0.29) is 11.7 Å². The summed E-state index contributed by atoms with van der Waals surface area (Å²) in [6.45, 7) is 10.5. The third-order valence-electron chi connectivity index (χ3n) is 2.86. The lowest BCUT2D eigenvalue weighted by atomic mass is 9.86. The van der Waals surface area contributed by atoms with Gasteiger partial charge in [-0.3, -0.25) is 0 Å². The molecule has 0 saturated heterocycles. The molecule has 0 N–H and O–H groups in total. The van der Waals surface area contributed by atoms with Crippen LogP contribution in [0.15, 0.2) is 12.1 Å². The van der Waals surface area contributed by atoms with Crippen LogP contribution in [0.1, 0.15) is 63.1 Å². The van der Waals surface area contributed by atoms with Crippen molar-refractivity contribution in [3.63, 3.8) is 0 Å². The van der Waals surface area contributed by atoms with Crippen LogP contribution in [0.25, 0.3) is 0 Å². The molecular weight excluding hydrogens is 187 g/mol. The molecule has 0 heterocycles. The maximum absolute atomic E-state index is 13.8. The monoisotopic (exact) mass is 208 g/mol. The average Bonchev–Trinajstić information content (AvgIpc) is 2.16. The predicted molar refractivity (Wildman–Crippen MR) is 64.0 cm³/mol. The molecule has 1 rings (SSSR count). The van der Waals surface area contributed by atoms with Crippen LogP contribution in [0.4, 0.5) is 4.39 Å². The summed E-state index contributed by atoms with van der Waals surface area (Å²) in [5.41, 5.74) is 3.41. The first-order valence-electron chi connectivity index (χ1n) is 5.80. The molecule has 0 aliphatic heterocycles. The first-order valence-corrected chi connectivity index (χ1v) is 5.80. The fourth-order valence-electron chi connectivity index (χ4n) is 2.23. The first kappa shape index (κ1) is 12.2. The van der Waals surface area contributed by atoms with Crippen LogP contribution in [-0.2, 0) is 6.42 Å². The molecule has 1 heteroatoms. The van der Waals surface area contributed by atoms with Crippen LogP contribution in [0.5, 0.6) is 0 Å². The van der Waals surface area contributed by atoms with Crippen molar-refractivity contribution in [3.8, 4) is 0 Å². The molecule has 15 heavy (non-hydrogen) atoms. The predicted octanol–water partition coefficient (Wildman–Crippen LogP) is 4.63. The average molecular weight is 208 g/mol. The maximum Gasteiger partial charge on any atom is 0.126 e. The zero-order valence-electron chi connectivity index (χ0n) is 10.4. The molecule has 0 bridgehead atoms. The molecule has 1 aromatic carbocycles. The van der Waals surface area contributed by atoms with Gasteiger partial charge in [-0.1, -0.05) is 40.7 Å². The Hall–Kier alpha value is -0.850. The van der Waals surface area contributed by atoms with E-state index in [1.54, 1.807) is 6.07 Å². The summed E-state index contributed by atoms with van der Waals surface area (Å²) in [6, 6.07) is 3.54. The van der Waals surface area contributed by atoms with Crippen molar-refractivity contribution >= 4 is 0 Å². The van der Waals surface area contributed by atoms with Crippen LogP contribution < -0.4 is 0 Å². The lowest BCUT2D eigenvalue weighted by Crippen LogP contribution is -2.06. The van der Waals surface area contributed by atoms with E-state index in [0.717, 1.165) is 12.0 Å². The normalized spacial score (nSPS) is 11.5. The molecule has 0 fully saturated rings. The molecule has 0 spiro atoms. The molecule has 0 saturated carbocycles. The van der Waals surface area contributed by atoms with Crippen molar-refractivity contribution in [1.29, 1.82) is 0 Å². The Bertz CT molecular complexity index is 337. The highest BCUT2D eigenvalue weighted by Crippen LogP contribution is 2.31. The molecule has 0 unspecified atom stereocenters. The Balaban J connectivity index is 3.44. The standard InChI is InChI=1S/C14H21F/c1-6-11-7-8-12(15)14(10(4)5)13(11)9(2)3/h7-10H,6H2,1-5H3. The minimum atomic E-state index is -0.0501. The summed E-state index contributed by atoms with van der Waals surface area (Å²) in [4.78, 5) is 0. The zero-order chi connectivity index (χ0) is 11.6. The van der Waals surface area contributed by atoms with Crippen LogP contribution in [-0.4, -0.2) is 0 Å². The Labute approximate surface area is 92.5 Å². The fourth-order valence-corrected chi connectivity index (χ4v) is 2.23. The fraction of sp³-hybridized carbons (Fsp3) is 0.571. The van der Waals surface area contributed by atoms with Crippen LogP contribution in [0.2, 0.25) is 0 Å². The topological polar surface area (TPSA) is 0 Å². The van der Waals surface area contributed by atoms with E-state index in [9.17, 15) is 4.39 Å². The molecular formula is C14H21F. The van der Waals surface area contributed by atoms with Crippen molar-refractivity contribution in [3.05, 3.63) is 34.6 Å². The van der Waals surface area contributed by atoms with Gasteiger partial charge in [0.25, 0.3) is 0 Å². The maximum atomic E-state index is 13.8. The Kier molecular flexibility index (Phi) is 3.90. The Morgan fingerprint density at radius 3 is 1.93 bits per heavy atom. The summed E-state index contributed by atoms with van der Waals surface area (Å²) in [7, 11) is 0. The molecule has 0 nitrogen and oxygen atoms in total. The van der Waals surface area contributed by atoms with Gasteiger partial charge in [0.05, 0.1) is 0 Å². The second kappa shape index (κ2) is 4.78. The van der Waals surface area contributed by atoms with E-state index in [0.29, 0.717) is 5.92 Å². The molecule has 1 aromatic rings. The largest absolute Gasteiger partial charge is 0.207 e. The zero-order valence-corrected chi connectivity index (χ0v) is 10.4. The van der Waals surface area contributed by atoms with Gasteiger partial charge in [-0.15, -0.1) is 0 Å². The summed E-state index contributed by atoms with van der Waals surface area (Å²) >= 11 is 0. The van der Waals surface area contributed by atoms with E-state index in [1.807, 2.05) is 6.07 Å². The van der Waals surface area contributed by atoms with Gasteiger partial charge in [0.15, 0.2) is 0 Å². The smallest absolute Gasteiger partial charge is 0.126 e. The third kappa shape index (κ3) is 2.39. The van der Waals surface area contributed by atoms with Gasteiger partial charge in [-0.25, -0.2) is 4.39 Å². The van der Waals surface area contributed by atoms with Crippen LogP contribution in [0, 0.1) is 5.82 Å². The summed E-state index contributed by atoms with van der Waals surface area (Å²) < 4.78 is 13.8. The molecule has 0 amide bonds. The van der Waals surface area contributed by atoms with Gasteiger partial charge in [-0.2, -0.15) is 0 Å². The Morgan fingerprint density at radius 1 is 1.00 bits per heavy atom. The quantitative estimate of drug-likeness (QED) is 0.679.